The highest BCUT2D eigenvalue weighted by molar-refractivity contribution is 5.79. The molecule has 1 aromatic carbocycles. The van der Waals surface area contributed by atoms with Crippen LogP contribution in [-0.2, 0) is 11.2 Å². The topological polar surface area (TPSA) is 80.5 Å². The fourth-order valence-corrected chi connectivity index (χ4v) is 5.90. The summed E-state index contributed by atoms with van der Waals surface area (Å²) in [5.41, 5.74) is 0.424. The van der Waals surface area contributed by atoms with Gasteiger partial charge < -0.3 is 19.5 Å². The number of amides is 1. The molecule has 36 heavy (non-hydrogen) atoms. The number of carbonyl (C=O) groups excluding carboxylic acids is 1. The van der Waals surface area contributed by atoms with Gasteiger partial charge in [-0.05, 0) is 67.9 Å². The summed E-state index contributed by atoms with van der Waals surface area (Å²) in [7, 11) is 0. The smallest absolute Gasteiger partial charge is 0.324 e. The van der Waals surface area contributed by atoms with Gasteiger partial charge in [-0.25, -0.2) is 4.39 Å². The average Bonchev–Trinajstić information content (AvgIpc) is 3.22. The Balaban J connectivity index is 1.00. The van der Waals surface area contributed by atoms with E-state index < -0.39 is 0 Å². The molecule has 5 rings (SSSR count). The molecule has 2 saturated carbocycles. The predicted molar refractivity (Wildman–Crippen MR) is 136 cm³/mol. The van der Waals surface area contributed by atoms with Crippen LogP contribution in [0.5, 0.6) is 5.75 Å². The first kappa shape index (κ1) is 25.0. The third-order valence-electron chi connectivity index (χ3n) is 8.19. The van der Waals surface area contributed by atoms with Crippen molar-refractivity contribution < 1.29 is 18.4 Å². The Hall–Kier alpha value is -2.64. The van der Waals surface area contributed by atoms with Gasteiger partial charge in [0.1, 0.15) is 11.6 Å². The number of benzene rings is 1. The highest BCUT2D eigenvalue weighted by Gasteiger charge is 2.43. The van der Waals surface area contributed by atoms with Crippen molar-refractivity contribution in [3.63, 3.8) is 0 Å². The summed E-state index contributed by atoms with van der Waals surface area (Å²) in [6.45, 7) is 6.67. The number of anilines is 1. The number of carbonyl (C=O) groups is 1. The number of piperidine rings is 1. The summed E-state index contributed by atoms with van der Waals surface area (Å²) < 4.78 is 25.9. The Labute approximate surface area is 213 Å². The normalized spacial score (nSPS) is 22.8. The zero-order valence-corrected chi connectivity index (χ0v) is 21.5. The van der Waals surface area contributed by atoms with Crippen LogP contribution in [-0.4, -0.2) is 41.8 Å². The Kier molecular flexibility index (Phi) is 7.77. The largest absolute Gasteiger partial charge is 0.493 e. The zero-order chi connectivity index (χ0) is 25.1. The monoisotopic (exact) mass is 498 g/mol. The molecule has 1 amide bonds. The molecule has 2 aliphatic carbocycles. The molecule has 1 saturated heterocycles. The van der Waals surface area contributed by atoms with E-state index >= 15 is 0 Å². The van der Waals surface area contributed by atoms with Gasteiger partial charge in [0.25, 0.3) is 0 Å². The Morgan fingerprint density at radius 1 is 1.22 bits per heavy atom. The first-order chi connectivity index (χ1) is 17.5. The molecule has 3 fully saturated rings. The lowest BCUT2D eigenvalue weighted by molar-refractivity contribution is -0.121. The summed E-state index contributed by atoms with van der Waals surface area (Å²) in [5.74, 6) is 3.32. The first-order valence-electron chi connectivity index (χ1n) is 13.8. The van der Waals surface area contributed by atoms with Crippen LogP contribution in [0.2, 0.25) is 0 Å². The van der Waals surface area contributed by atoms with Gasteiger partial charge in [-0.1, -0.05) is 37.9 Å². The SMILES string of the molecule is CC(C)c1noc(N2CCC([C@H]3C[C@H]3CCOc3ccc(CC(=O)NC4CCCC4)c(F)c3)CC2)n1. The van der Waals surface area contributed by atoms with Crippen molar-refractivity contribution in [3.8, 4) is 5.75 Å². The lowest BCUT2D eigenvalue weighted by atomic mass is 9.90. The minimum absolute atomic E-state index is 0.0799. The minimum Gasteiger partial charge on any atom is -0.493 e. The molecule has 1 aliphatic heterocycles. The Morgan fingerprint density at radius 2 is 2.00 bits per heavy atom. The molecule has 196 valence electrons. The minimum atomic E-state index is -0.369. The number of ether oxygens (including phenoxy) is 1. The van der Waals surface area contributed by atoms with E-state index in [0.29, 0.717) is 29.9 Å². The highest BCUT2D eigenvalue weighted by Crippen LogP contribution is 2.50. The maximum Gasteiger partial charge on any atom is 0.324 e. The molecule has 0 radical (unpaired) electrons. The predicted octanol–water partition coefficient (Wildman–Crippen LogP) is 5.26. The van der Waals surface area contributed by atoms with E-state index in [2.05, 4.69) is 34.2 Å². The van der Waals surface area contributed by atoms with Crippen LogP contribution in [0.4, 0.5) is 10.4 Å². The standard InChI is InChI=1S/C28H39FN4O3/c1-18(2)27-31-28(36-32-27)33-12-9-19(10-13-33)24-15-20(24)11-14-35-23-8-7-21(25(29)17-23)16-26(34)30-22-5-3-4-6-22/h7-8,17-20,22,24H,3-6,9-16H2,1-2H3,(H,30,34)/t20-,24-/m1/s1. The van der Waals surface area contributed by atoms with Gasteiger partial charge in [0.15, 0.2) is 5.82 Å². The van der Waals surface area contributed by atoms with E-state index in [1.54, 1.807) is 12.1 Å². The van der Waals surface area contributed by atoms with Crippen molar-refractivity contribution in [2.45, 2.75) is 83.6 Å². The lowest BCUT2D eigenvalue weighted by Gasteiger charge is -2.30. The van der Waals surface area contributed by atoms with Gasteiger partial charge in [-0.3, -0.25) is 4.79 Å². The van der Waals surface area contributed by atoms with Crippen molar-refractivity contribution in [2.24, 2.45) is 17.8 Å². The molecule has 0 unspecified atom stereocenters. The summed E-state index contributed by atoms with van der Waals surface area (Å²) in [6.07, 6.45) is 9.03. The van der Waals surface area contributed by atoms with Crippen molar-refractivity contribution in [3.05, 3.63) is 35.4 Å². The molecule has 2 heterocycles. The average molecular weight is 499 g/mol. The van der Waals surface area contributed by atoms with Gasteiger partial charge in [-0.2, -0.15) is 4.98 Å². The van der Waals surface area contributed by atoms with E-state index in [4.69, 9.17) is 9.26 Å². The summed E-state index contributed by atoms with van der Waals surface area (Å²) in [4.78, 5) is 19.0. The van der Waals surface area contributed by atoms with Crippen LogP contribution in [0.15, 0.2) is 22.7 Å². The van der Waals surface area contributed by atoms with Crippen LogP contribution >= 0.6 is 0 Å². The van der Waals surface area contributed by atoms with E-state index in [1.165, 1.54) is 12.5 Å². The summed E-state index contributed by atoms with van der Waals surface area (Å²) >= 11 is 0. The first-order valence-corrected chi connectivity index (χ1v) is 13.8. The lowest BCUT2D eigenvalue weighted by Crippen LogP contribution is -2.34. The van der Waals surface area contributed by atoms with E-state index in [-0.39, 0.29) is 30.1 Å². The maximum absolute atomic E-state index is 14.5. The van der Waals surface area contributed by atoms with Crippen molar-refractivity contribution in [1.82, 2.24) is 15.5 Å². The second kappa shape index (κ2) is 11.2. The van der Waals surface area contributed by atoms with Crippen LogP contribution < -0.4 is 15.0 Å². The van der Waals surface area contributed by atoms with Crippen molar-refractivity contribution >= 4 is 11.9 Å². The van der Waals surface area contributed by atoms with Crippen LogP contribution in [0, 0.1) is 23.6 Å². The fourth-order valence-electron chi connectivity index (χ4n) is 5.90. The third-order valence-corrected chi connectivity index (χ3v) is 8.19. The molecular formula is C28H39FN4O3. The Bertz CT molecular complexity index is 1030. The van der Waals surface area contributed by atoms with Gasteiger partial charge in [0.05, 0.1) is 13.0 Å². The summed E-state index contributed by atoms with van der Waals surface area (Å²) in [6, 6.07) is 5.79. The number of nitrogens with one attached hydrogen (secondary N) is 1. The third kappa shape index (κ3) is 6.19. The second-order valence-corrected chi connectivity index (χ2v) is 11.2. The number of rotatable bonds is 10. The van der Waals surface area contributed by atoms with E-state index in [1.807, 2.05) is 0 Å². The molecule has 0 bridgehead atoms. The number of hydrogen-bond donors (Lipinski definition) is 1. The van der Waals surface area contributed by atoms with Gasteiger partial charge in [-0.15, -0.1) is 0 Å². The van der Waals surface area contributed by atoms with Gasteiger partial charge in [0.2, 0.25) is 5.91 Å². The zero-order valence-electron chi connectivity index (χ0n) is 21.5. The number of halogens is 1. The van der Waals surface area contributed by atoms with Crippen molar-refractivity contribution in [2.75, 3.05) is 24.6 Å². The maximum atomic E-state index is 14.5. The van der Waals surface area contributed by atoms with Gasteiger partial charge in [0, 0.05) is 31.1 Å². The molecular weight excluding hydrogens is 459 g/mol. The van der Waals surface area contributed by atoms with Crippen molar-refractivity contribution in [1.29, 1.82) is 0 Å². The molecule has 7 nitrogen and oxygen atoms in total. The highest BCUT2D eigenvalue weighted by atomic mass is 19.1. The van der Waals surface area contributed by atoms with Crippen LogP contribution in [0.1, 0.15) is 82.5 Å². The van der Waals surface area contributed by atoms with E-state index in [9.17, 15) is 9.18 Å². The van der Waals surface area contributed by atoms with Crippen LogP contribution in [0.3, 0.4) is 0 Å². The molecule has 2 aromatic rings. The van der Waals surface area contributed by atoms with E-state index in [0.717, 1.165) is 75.7 Å². The molecule has 8 heteroatoms. The van der Waals surface area contributed by atoms with Crippen LogP contribution in [0.25, 0.3) is 0 Å². The molecule has 3 aliphatic rings. The number of hydrogen-bond acceptors (Lipinski definition) is 6. The second-order valence-electron chi connectivity index (χ2n) is 11.2. The fraction of sp³-hybridized carbons (Fsp3) is 0.679. The summed E-state index contributed by atoms with van der Waals surface area (Å²) in [5, 5.41) is 7.11. The Morgan fingerprint density at radius 3 is 2.69 bits per heavy atom. The number of nitrogens with zero attached hydrogens (tertiary/aromatic N) is 3. The van der Waals surface area contributed by atoms with Gasteiger partial charge >= 0.3 is 6.01 Å². The molecule has 2 atom stereocenters. The molecule has 1 aromatic heterocycles. The number of aromatic nitrogens is 2. The molecule has 1 N–H and O–H groups in total. The molecule has 0 spiro atoms. The quantitative estimate of drug-likeness (QED) is 0.482.